The first-order valence-electron chi connectivity index (χ1n) is 3.56. The molecule has 2 heterocycles. The molecule has 1 aromatic rings. The molecule has 0 fully saturated rings. The molecular weight excluding hydrogens is 174 g/mol. The van der Waals surface area contributed by atoms with Crippen LogP contribution in [0.3, 0.4) is 0 Å². The number of cyclic esters (lactones) is 2. The van der Waals surface area contributed by atoms with Gasteiger partial charge in [-0.1, -0.05) is 0 Å². The number of fused-ring (bicyclic) bond motifs is 1. The van der Waals surface area contributed by atoms with Gasteiger partial charge in [0.25, 0.3) is 0 Å². The van der Waals surface area contributed by atoms with Crippen LogP contribution in [0.25, 0.3) is 0 Å². The molecule has 1 aliphatic rings. The summed E-state index contributed by atoms with van der Waals surface area (Å²) in [6.07, 6.45) is 1.22. The molecule has 13 heavy (non-hydrogen) atoms. The first-order chi connectivity index (χ1) is 6.11. The molecule has 5 heteroatoms. The van der Waals surface area contributed by atoms with Gasteiger partial charge in [0.05, 0.1) is 11.3 Å². The Hall–Kier alpha value is -1.91. The number of rotatable bonds is 0. The van der Waals surface area contributed by atoms with Crippen LogP contribution in [0.15, 0.2) is 6.20 Å². The topological polar surface area (TPSA) is 76.5 Å². The predicted octanol–water partition coefficient (Wildman–Crippen LogP) is 0.406. The summed E-state index contributed by atoms with van der Waals surface area (Å²) in [5.41, 5.74) is 0.232. The quantitative estimate of drug-likeness (QED) is 0.461. The van der Waals surface area contributed by atoms with E-state index >= 15 is 0 Å². The van der Waals surface area contributed by atoms with Gasteiger partial charge in [-0.2, -0.15) is 0 Å². The van der Waals surface area contributed by atoms with Crippen molar-refractivity contribution in [2.75, 3.05) is 0 Å². The number of ether oxygens (including phenoxy) is 1. The Balaban J connectivity index is 2.78. The van der Waals surface area contributed by atoms with Crippen molar-refractivity contribution in [3.63, 3.8) is 0 Å². The standard InChI is InChI=1S/C8H5NO4/c1-3-6(10)5-4(2-9-3)7(11)13-8(5)12/h2,10H,1H3. The summed E-state index contributed by atoms with van der Waals surface area (Å²) < 4.78 is 4.29. The molecule has 0 spiro atoms. The van der Waals surface area contributed by atoms with Crippen LogP contribution in [0.4, 0.5) is 0 Å². The third kappa shape index (κ3) is 0.900. The maximum Gasteiger partial charge on any atom is 0.350 e. The molecule has 1 N–H and O–H groups in total. The lowest BCUT2D eigenvalue weighted by atomic mass is 10.1. The molecule has 1 aromatic heterocycles. The highest BCUT2D eigenvalue weighted by Gasteiger charge is 2.33. The van der Waals surface area contributed by atoms with Gasteiger partial charge < -0.3 is 9.84 Å². The summed E-state index contributed by atoms with van der Waals surface area (Å²) in [5, 5.41) is 9.39. The third-order valence-electron chi connectivity index (χ3n) is 1.85. The molecule has 0 saturated heterocycles. The SMILES string of the molecule is Cc1ncc2c(c1O)C(=O)OC2=O. The van der Waals surface area contributed by atoms with Gasteiger partial charge in [0.1, 0.15) is 5.56 Å². The van der Waals surface area contributed by atoms with E-state index in [1.165, 1.54) is 13.1 Å². The Labute approximate surface area is 73.0 Å². The van der Waals surface area contributed by atoms with E-state index in [0.29, 0.717) is 5.69 Å². The zero-order chi connectivity index (χ0) is 9.59. The number of nitrogens with zero attached hydrogens (tertiary/aromatic N) is 1. The molecule has 1 aliphatic heterocycles. The van der Waals surface area contributed by atoms with Gasteiger partial charge in [-0.15, -0.1) is 0 Å². The Kier molecular flexibility index (Phi) is 1.36. The van der Waals surface area contributed by atoms with Crippen LogP contribution in [-0.4, -0.2) is 22.0 Å². The Morgan fingerprint density at radius 2 is 2.08 bits per heavy atom. The molecule has 66 valence electrons. The lowest BCUT2D eigenvalue weighted by Crippen LogP contribution is -1.97. The van der Waals surface area contributed by atoms with Gasteiger partial charge in [-0.25, -0.2) is 9.59 Å². The summed E-state index contributed by atoms with van der Waals surface area (Å²) in [4.78, 5) is 25.7. The van der Waals surface area contributed by atoms with Crippen LogP contribution in [-0.2, 0) is 4.74 Å². The Bertz CT molecular complexity index is 424. The molecule has 2 rings (SSSR count). The van der Waals surface area contributed by atoms with E-state index in [9.17, 15) is 14.7 Å². The number of esters is 2. The fourth-order valence-electron chi connectivity index (χ4n) is 1.15. The average Bonchev–Trinajstić information content (AvgIpc) is 2.35. The predicted molar refractivity (Wildman–Crippen MR) is 40.4 cm³/mol. The van der Waals surface area contributed by atoms with Crippen LogP contribution in [0.5, 0.6) is 5.75 Å². The zero-order valence-corrected chi connectivity index (χ0v) is 6.70. The van der Waals surface area contributed by atoms with E-state index in [0.717, 1.165) is 0 Å². The summed E-state index contributed by atoms with van der Waals surface area (Å²) in [6.45, 7) is 1.53. The number of carbonyl (C=O) groups excluding carboxylic acids is 2. The number of carbonyl (C=O) groups is 2. The van der Waals surface area contributed by atoms with Crippen molar-refractivity contribution in [3.05, 3.63) is 23.0 Å². The zero-order valence-electron chi connectivity index (χ0n) is 6.70. The fourth-order valence-corrected chi connectivity index (χ4v) is 1.15. The van der Waals surface area contributed by atoms with E-state index in [-0.39, 0.29) is 16.9 Å². The highest BCUT2D eigenvalue weighted by molar-refractivity contribution is 6.16. The van der Waals surface area contributed by atoms with Crippen molar-refractivity contribution in [3.8, 4) is 5.75 Å². The minimum atomic E-state index is -0.817. The summed E-state index contributed by atoms with van der Waals surface area (Å²) in [7, 11) is 0. The van der Waals surface area contributed by atoms with Crippen LogP contribution in [0.2, 0.25) is 0 Å². The van der Waals surface area contributed by atoms with E-state index in [4.69, 9.17) is 0 Å². The summed E-state index contributed by atoms with van der Waals surface area (Å²) in [5.74, 6) is -1.86. The smallest absolute Gasteiger partial charge is 0.350 e. The van der Waals surface area contributed by atoms with E-state index in [1.54, 1.807) is 0 Å². The lowest BCUT2D eigenvalue weighted by Gasteiger charge is -1.98. The molecule has 0 aliphatic carbocycles. The second-order valence-electron chi connectivity index (χ2n) is 2.66. The van der Waals surface area contributed by atoms with Crippen molar-refractivity contribution in [2.24, 2.45) is 0 Å². The normalized spacial score (nSPS) is 14.2. The molecule has 0 saturated carbocycles. The van der Waals surface area contributed by atoms with Crippen LogP contribution in [0.1, 0.15) is 26.4 Å². The molecule has 0 amide bonds. The molecule has 0 aromatic carbocycles. The van der Waals surface area contributed by atoms with E-state index < -0.39 is 11.9 Å². The Morgan fingerprint density at radius 1 is 1.38 bits per heavy atom. The second-order valence-corrected chi connectivity index (χ2v) is 2.66. The van der Waals surface area contributed by atoms with Gasteiger partial charge in [-0.05, 0) is 6.92 Å². The van der Waals surface area contributed by atoms with Crippen molar-refractivity contribution in [1.29, 1.82) is 0 Å². The van der Waals surface area contributed by atoms with Gasteiger partial charge in [0.15, 0.2) is 5.75 Å². The number of hydrogen-bond acceptors (Lipinski definition) is 5. The van der Waals surface area contributed by atoms with Crippen molar-refractivity contribution < 1.29 is 19.4 Å². The van der Waals surface area contributed by atoms with Gasteiger partial charge in [0.2, 0.25) is 0 Å². The van der Waals surface area contributed by atoms with E-state index in [2.05, 4.69) is 9.72 Å². The highest BCUT2D eigenvalue weighted by atomic mass is 16.6. The van der Waals surface area contributed by atoms with Crippen LogP contribution >= 0.6 is 0 Å². The Morgan fingerprint density at radius 3 is 2.77 bits per heavy atom. The molecule has 0 atom stereocenters. The maximum atomic E-state index is 11.0. The van der Waals surface area contributed by atoms with E-state index in [1.807, 2.05) is 0 Å². The molecule has 0 unspecified atom stereocenters. The molecule has 0 bridgehead atoms. The van der Waals surface area contributed by atoms with Crippen LogP contribution in [0, 0.1) is 6.92 Å². The summed E-state index contributed by atoms with van der Waals surface area (Å²) in [6, 6.07) is 0. The third-order valence-corrected chi connectivity index (χ3v) is 1.85. The molecule has 5 nitrogen and oxygen atoms in total. The maximum absolute atomic E-state index is 11.0. The van der Waals surface area contributed by atoms with Gasteiger partial charge in [-0.3, -0.25) is 4.98 Å². The highest BCUT2D eigenvalue weighted by Crippen LogP contribution is 2.29. The second kappa shape index (κ2) is 2.29. The number of hydrogen-bond donors (Lipinski definition) is 1. The fraction of sp³-hybridized carbons (Fsp3) is 0.125. The van der Waals surface area contributed by atoms with Crippen molar-refractivity contribution in [1.82, 2.24) is 4.98 Å². The summed E-state index contributed by atoms with van der Waals surface area (Å²) >= 11 is 0. The minimum Gasteiger partial charge on any atom is -0.505 e. The van der Waals surface area contributed by atoms with Gasteiger partial charge in [0, 0.05) is 6.20 Å². The largest absolute Gasteiger partial charge is 0.505 e. The van der Waals surface area contributed by atoms with Crippen molar-refractivity contribution >= 4 is 11.9 Å². The van der Waals surface area contributed by atoms with Crippen molar-refractivity contribution in [2.45, 2.75) is 6.92 Å². The number of aromatic hydroxyl groups is 1. The lowest BCUT2D eigenvalue weighted by molar-refractivity contribution is 0.0443. The average molecular weight is 179 g/mol. The number of aromatic nitrogens is 1. The molecule has 0 radical (unpaired) electrons. The first-order valence-corrected chi connectivity index (χ1v) is 3.56. The first kappa shape index (κ1) is 7.72. The van der Waals surface area contributed by atoms with Gasteiger partial charge >= 0.3 is 11.9 Å². The minimum absolute atomic E-state index is 0.0214. The monoisotopic (exact) mass is 179 g/mol. The number of pyridine rings is 1. The molecular formula is C8H5NO4. The number of aryl methyl sites for hydroxylation is 1. The van der Waals surface area contributed by atoms with Crippen LogP contribution < -0.4 is 0 Å².